The molecule has 134 valence electrons. The van der Waals surface area contributed by atoms with Gasteiger partial charge in [-0.25, -0.2) is 0 Å². The molecule has 0 bridgehead atoms. The van der Waals surface area contributed by atoms with Gasteiger partial charge in [0.2, 0.25) is 0 Å². The monoisotopic (exact) mass is 342 g/mol. The van der Waals surface area contributed by atoms with E-state index in [-0.39, 0.29) is 5.43 Å². The van der Waals surface area contributed by atoms with Gasteiger partial charge in [-0.3, -0.25) is 9.69 Å². The lowest BCUT2D eigenvalue weighted by Crippen LogP contribution is -2.38. The first-order valence-electron chi connectivity index (χ1n) is 9.13. The highest BCUT2D eigenvalue weighted by atomic mass is 16.3. The van der Waals surface area contributed by atoms with Crippen LogP contribution in [0.5, 0.6) is 0 Å². The predicted molar refractivity (Wildman–Crippen MR) is 97.5 cm³/mol. The van der Waals surface area contributed by atoms with Crippen molar-refractivity contribution in [2.45, 2.75) is 45.4 Å². The van der Waals surface area contributed by atoms with Crippen molar-refractivity contribution in [2.24, 2.45) is 11.8 Å². The predicted octanol–water partition coefficient (Wildman–Crippen LogP) is 1.71. The third-order valence-corrected chi connectivity index (χ3v) is 6.04. The second-order valence-corrected chi connectivity index (χ2v) is 7.93. The maximum atomic E-state index is 12.6. The fourth-order valence-electron chi connectivity index (χ4n) is 4.68. The van der Waals surface area contributed by atoms with Gasteiger partial charge >= 0.3 is 0 Å². The van der Waals surface area contributed by atoms with Gasteiger partial charge in [0.25, 0.3) is 0 Å². The van der Waals surface area contributed by atoms with Gasteiger partial charge < -0.3 is 15.2 Å². The van der Waals surface area contributed by atoms with Crippen LogP contribution in [0.1, 0.15) is 29.7 Å². The summed E-state index contributed by atoms with van der Waals surface area (Å²) in [5.41, 5.74) is 4.03. The van der Waals surface area contributed by atoms with Crippen LogP contribution >= 0.6 is 0 Å². The van der Waals surface area contributed by atoms with Gasteiger partial charge in [-0.15, -0.1) is 0 Å². The molecule has 0 amide bonds. The van der Waals surface area contributed by atoms with Gasteiger partial charge in [-0.2, -0.15) is 0 Å². The Bertz CT molecular complexity index is 842. The summed E-state index contributed by atoms with van der Waals surface area (Å²) in [6, 6.07) is 5.76. The largest absolute Gasteiger partial charge is 0.390 e. The molecule has 0 radical (unpaired) electrons. The number of rotatable bonds is 2. The van der Waals surface area contributed by atoms with Gasteiger partial charge in [0.1, 0.15) is 0 Å². The van der Waals surface area contributed by atoms with Gasteiger partial charge in [-0.05, 0) is 49.7 Å². The number of H-pyrrole nitrogens is 1. The van der Waals surface area contributed by atoms with Gasteiger partial charge in [0.05, 0.1) is 17.7 Å². The summed E-state index contributed by atoms with van der Waals surface area (Å²) in [6.07, 6.45) is 0.170. The van der Waals surface area contributed by atoms with Gasteiger partial charge in [0.15, 0.2) is 5.43 Å². The van der Waals surface area contributed by atoms with Crippen molar-refractivity contribution in [3.8, 4) is 0 Å². The first-order chi connectivity index (χ1) is 11.9. The molecule has 2 fully saturated rings. The van der Waals surface area contributed by atoms with Gasteiger partial charge in [-0.1, -0.05) is 12.1 Å². The molecule has 1 saturated heterocycles. The lowest BCUT2D eigenvalue weighted by Gasteiger charge is -2.32. The zero-order chi connectivity index (χ0) is 17.7. The van der Waals surface area contributed by atoms with E-state index in [1.54, 1.807) is 6.07 Å². The number of fused-ring (bicyclic) bond motifs is 2. The molecular formula is C20H26N2O3. The Morgan fingerprint density at radius 2 is 1.68 bits per heavy atom. The fraction of sp³-hybridized carbons (Fsp3) is 0.550. The molecule has 25 heavy (non-hydrogen) atoms. The third kappa shape index (κ3) is 3.01. The Hall–Kier alpha value is -1.69. The second-order valence-electron chi connectivity index (χ2n) is 7.93. The molecule has 2 heterocycles. The Balaban J connectivity index is 1.58. The number of hydrogen-bond donors (Lipinski definition) is 3. The molecule has 2 aliphatic rings. The summed E-state index contributed by atoms with van der Waals surface area (Å²) < 4.78 is 0. The van der Waals surface area contributed by atoms with Crippen LogP contribution in [0.4, 0.5) is 0 Å². The van der Waals surface area contributed by atoms with Crippen LogP contribution in [0.2, 0.25) is 0 Å². The Morgan fingerprint density at radius 1 is 1.08 bits per heavy atom. The highest BCUT2D eigenvalue weighted by Gasteiger charge is 2.40. The van der Waals surface area contributed by atoms with Crippen molar-refractivity contribution in [1.29, 1.82) is 0 Å². The van der Waals surface area contributed by atoms with E-state index in [0.29, 0.717) is 31.2 Å². The molecule has 1 aliphatic heterocycles. The zero-order valence-electron chi connectivity index (χ0n) is 14.8. The van der Waals surface area contributed by atoms with Crippen molar-refractivity contribution in [1.82, 2.24) is 9.88 Å². The number of pyridine rings is 1. The summed E-state index contributed by atoms with van der Waals surface area (Å²) in [7, 11) is 0. The highest BCUT2D eigenvalue weighted by Crippen LogP contribution is 2.37. The van der Waals surface area contributed by atoms with Crippen LogP contribution in [0.25, 0.3) is 10.9 Å². The average molecular weight is 342 g/mol. The maximum absolute atomic E-state index is 12.6. The van der Waals surface area contributed by atoms with E-state index in [1.807, 2.05) is 26.0 Å². The van der Waals surface area contributed by atoms with Crippen LogP contribution in [0, 0.1) is 25.7 Å². The smallest absolute Gasteiger partial charge is 0.189 e. The van der Waals surface area contributed by atoms with E-state index < -0.39 is 12.2 Å². The zero-order valence-corrected chi connectivity index (χ0v) is 14.8. The van der Waals surface area contributed by atoms with Crippen LogP contribution < -0.4 is 5.43 Å². The molecule has 2 aromatic rings. The van der Waals surface area contributed by atoms with Crippen molar-refractivity contribution < 1.29 is 10.2 Å². The Labute approximate surface area is 147 Å². The molecule has 1 aromatic carbocycles. The van der Waals surface area contributed by atoms with Crippen LogP contribution in [-0.2, 0) is 6.54 Å². The Morgan fingerprint density at radius 3 is 2.32 bits per heavy atom. The van der Waals surface area contributed by atoms with Crippen molar-refractivity contribution in [2.75, 3.05) is 13.1 Å². The first-order valence-corrected chi connectivity index (χ1v) is 9.13. The maximum Gasteiger partial charge on any atom is 0.189 e. The lowest BCUT2D eigenvalue weighted by atomic mass is 9.79. The molecule has 0 unspecified atom stereocenters. The SMILES string of the molecule is Cc1ccc(C)c2c(=O)cc(CN3C[C@H]4C[C@H](O)[C@H](O)C[C@H]4C3)[nH]c12. The van der Waals surface area contributed by atoms with E-state index in [0.717, 1.165) is 40.8 Å². The summed E-state index contributed by atoms with van der Waals surface area (Å²) in [5, 5.41) is 20.6. The minimum atomic E-state index is -0.590. The summed E-state index contributed by atoms with van der Waals surface area (Å²) in [5.74, 6) is 0.879. The number of aliphatic hydroxyl groups excluding tert-OH is 2. The molecule has 4 rings (SSSR count). The van der Waals surface area contributed by atoms with Crippen molar-refractivity contribution in [3.63, 3.8) is 0 Å². The normalized spacial score (nSPS) is 29.9. The molecule has 4 atom stereocenters. The topological polar surface area (TPSA) is 76.6 Å². The van der Waals surface area contributed by atoms with Crippen molar-refractivity contribution >= 4 is 10.9 Å². The molecule has 1 saturated carbocycles. The van der Waals surface area contributed by atoms with E-state index in [2.05, 4.69) is 9.88 Å². The fourth-order valence-corrected chi connectivity index (χ4v) is 4.68. The van der Waals surface area contributed by atoms with E-state index >= 15 is 0 Å². The standard InChI is InChI=1S/C20H26N2O3/c1-11-3-4-12(2)20-19(11)18(25)7-15(21-20)10-22-8-13-5-16(23)17(24)6-14(13)9-22/h3-4,7,13-14,16-17,23-24H,5-6,8-10H2,1-2H3,(H,21,25)/t13-,14+,16+,17-. The third-order valence-electron chi connectivity index (χ3n) is 6.04. The second kappa shape index (κ2) is 6.24. The molecule has 3 N–H and O–H groups in total. The number of aliphatic hydroxyl groups is 2. The average Bonchev–Trinajstić information content (AvgIpc) is 2.92. The molecule has 5 heteroatoms. The van der Waals surface area contributed by atoms with Crippen LogP contribution in [-0.4, -0.2) is 45.4 Å². The summed E-state index contributed by atoms with van der Waals surface area (Å²) in [4.78, 5) is 18.4. The minimum absolute atomic E-state index is 0.0763. The van der Waals surface area contributed by atoms with Crippen LogP contribution in [0.15, 0.2) is 23.0 Å². The van der Waals surface area contributed by atoms with E-state index in [9.17, 15) is 15.0 Å². The number of aromatic amines is 1. The van der Waals surface area contributed by atoms with Gasteiger partial charge in [0, 0.05) is 36.8 Å². The molecule has 0 spiro atoms. The molecule has 1 aromatic heterocycles. The van der Waals surface area contributed by atoms with Crippen molar-refractivity contribution in [3.05, 3.63) is 45.2 Å². The number of aromatic nitrogens is 1. The van der Waals surface area contributed by atoms with E-state index in [1.165, 1.54) is 0 Å². The van der Waals surface area contributed by atoms with Crippen LogP contribution in [0.3, 0.4) is 0 Å². The molecule has 5 nitrogen and oxygen atoms in total. The molecular weight excluding hydrogens is 316 g/mol. The Kier molecular flexibility index (Phi) is 4.18. The minimum Gasteiger partial charge on any atom is -0.390 e. The number of nitrogens with one attached hydrogen (secondary N) is 1. The first kappa shape index (κ1) is 16.8. The van der Waals surface area contributed by atoms with E-state index in [4.69, 9.17) is 0 Å². The summed E-state index contributed by atoms with van der Waals surface area (Å²) >= 11 is 0. The number of aryl methyl sites for hydroxylation is 2. The number of benzene rings is 1. The number of hydrogen-bond acceptors (Lipinski definition) is 4. The number of likely N-dealkylation sites (tertiary alicyclic amines) is 1. The lowest BCUT2D eigenvalue weighted by molar-refractivity contribution is -0.0372. The number of nitrogens with zero attached hydrogens (tertiary/aromatic N) is 1. The quantitative estimate of drug-likeness (QED) is 0.776. The molecule has 1 aliphatic carbocycles. The summed E-state index contributed by atoms with van der Waals surface area (Å²) in [6.45, 7) is 6.54. The highest BCUT2D eigenvalue weighted by molar-refractivity contribution is 5.84.